The first-order chi connectivity index (χ1) is 16.8. The zero-order valence-corrected chi connectivity index (χ0v) is 21.6. The van der Waals surface area contributed by atoms with Crippen LogP contribution in [0.3, 0.4) is 0 Å². The third-order valence-corrected chi connectivity index (χ3v) is 7.08. The molecule has 2 heterocycles. The number of nitrogens with zero attached hydrogens (tertiary/aromatic N) is 1. The molecule has 0 saturated carbocycles. The summed E-state index contributed by atoms with van der Waals surface area (Å²) < 4.78 is 16.1. The second-order valence-electron chi connectivity index (χ2n) is 8.18. The van der Waals surface area contributed by atoms with Crippen molar-refractivity contribution < 1.29 is 28.6 Å². The van der Waals surface area contributed by atoms with Crippen LogP contribution < -0.4 is 5.32 Å². The van der Waals surface area contributed by atoms with E-state index in [0.29, 0.717) is 22.0 Å². The number of benzene rings is 1. The molecule has 3 unspecified atom stereocenters. The summed E-state index contributed by atoms with van der Waals surface area (Å²) in [6, 6.07) is 8.90. The first-order valence-corrected chi connectivity index (χ1v) is 12.7. The van der Waals surface area contributed by atoms with Crippen LogP contribution in [0.25, 0.3) is 0 Å². The van der Waals surface area contributed by atoms with Gasteiger partial charge in [-0.3, -0.25) is 9.59 Å². The standard InChI is InChI=1S/C26H32N2O6S/c1-6-32-20(29)14-19-15-35-24(28-19)26(25(31)34-8-3)17(5)27-16(4)21(23(30)33-7-2)22(26)18-12-10-9-11-13-18/h9-13,15,17,22,27H,6-8,14H2,1-5H3. The van der Waals surface area contributed by atoms with Gasteiger partial charge in [0, 0.05) is 23.0 Å². The maximum Gasteiger partial charge on any atom is 0.336 e. The molecular formula is C26H32N2O6S. The molecule has 8 nitrogen and oxygen atoms in total. The van der Waals surface area contributed by atoms with Crippen molar-refractivity contribution in [2.24, 2.45) is 0 Å². The SMILES string of the molecule is CCOC(=O)Cc1csc(C2(C(=O)OCC)C(C)NC(C)=C(C(=O)OCC)C2c2ccccc2)n1. The average molecular weight is 501 g/mol. The Morgan fingerprint density at radius 3 is 2.31 bits per heavy atom. The predicted molar refractivity (Wildman–Crippen MR) is 132 cm³/mol. The predicted octanol–water partition coefficient (Wildman–Crippen LogP) is 3.66. The molecule has 0 spiro atoms. The molecular weight excluding hydrogens is 468 g/mol. The lowest BCUT2D eigenvalue weighted by atomic mass is 9.62. The van der Waals surface area contributed by atoms with Gasteiger partial charge in [0.05, 0.1) is 37.5 Å². The summed E-state index contributed by atoms with van der Waals surface area (Å²) in [6.07, 6.45) is -0.0132. The second-order valence-corrected chi connectivity index (χ2v) is 9.04. The molecule has 0 bridgehead atoms. The lowest BCUT2D eigenvalue weighted by molar-refractivity contribution is -0.153. The number of hydrogen-bond donors (Lipinski definition) is 1. The van der Waals surface area contributed by atoms with Crippen molar-refractivity contribution in [3.8, 4) is 0 Å². The number of esters is 3. The molecule has 1 aromatic heterocycles. The highest BCUT2D eigenvalue weighted by atomic mass is 32.1. The zero-order valence-electron chi connectivity index (χ0n) is 20.8. The Morgan fingerprint density at radius 1 is 1.03 bits per heavy atom. The largest absolute Gasteiger partial charge is 0.466 e. The number of allylic oxidation sites excluding steroid dienone is 1. The highest BCUT2D eigenvalue weighted by Crippen LogP contribution is 2.51. The smallest absolute Gasteiger partial charge is 0.336 e. The van der Waals surface area contributed by atoms with Crippen LogP contribution >= 0.6 is 11.3 Å². The minimum absolute atomic E-state index is 0.0132. The number of nitrogens with one attached hydrogen (secondary N) is 1. The van der Waals surface area contributed by atoms with Crippen LogP contribution in [-0.4, -0.2) is 48.8 Å². The van der Waals surface area contributed by atoms with Gasteiger partial charge in [0.2, 0.25) is 0 Å². The summed E-state index contributed by atoms with van der Waals surface area (Å²) in [5.74, 6) is -2.12. The molecule has 9 heteroatoms. The number of carbonyl (C=O) groups is 3. The van der Waals surface area contributed by atoms with Crippen molar-refractivity contribution in [1.29, 1.82) is 0 Å². The van der Waals surface area contributed by atoms with E-state index in [1.165, 1.54) is 11.3 Å². The molecule has 3 rings (SSSR count). The molecule has 0 saturated heterocycles. The van der Waals surface area contributed by atoms with Crippen molar-refractivity contribution in [1.82, 2.24) is 10.3 Å². The molecule has 1 aliphatic rings. The first-order valence-electron chi connectivity index (χ1n) is 11.8. The monoisotopic (exact) mass is 500 g/mol. The molecule has 2 aromatic rings. The Morgan fingerprint density at radius 2 is 1.69 bits per heavy atom. The minimum atomic E-state index is -1.38. The van der Waals surface area contributed by atoms with E-state index >= 15 is 0 Å². The van der Waals surface area contributed by atoms with Gasteiger partial charge in [-0.05, 0) is 40.2 Å². The van der Waals surface area contributed by atoms with Crippen LogP contribution in [0.5, 0.6) is 0 Å². The third-order valence-electron chi connectivity index (χ3n) is 6.04. The van der Waals surface area contributed by atoms with Gasteiger partial charge in [0.15, 0.2) is 5.41 Å². The third kappa shape index (κ3) is 5.10. The lowest BCUT2D eigenvalue weighted by Crippen LogP contribution is -2.60. The van der Waals surface area contributed by atoms with Crippen LogP contribution in [0.4, 0.5) is 0 Å². The van der Waals surface area contributed by atoms with Gasteiger partial charge in [0.1, 0.15) is 5.01 Å². The Balaban J connectivity index is 2.28. The normalized spacial score (nSPS) is 21.7. The van der Waals surface area contributed by atoms with Gasteiger partial charge in [0.25, 0.3) is 0 Å². The Labute approximate surface area is 209 Å². The highest BCUT2D eigenvalue weighted by molar-refractivity contribution is 7.10. The van der Waals surface area contributed by atoms with Crippen molar-refractivity contribution in [3.05, 3.63) is 63.2 Å². The Kier molecular flexibility index (Phi) is 8.67. The molecule has 188 valence electrons. The number of carbonyl (C=O) groups excluding carboxylic acids is 3. The molecule has 0 fully saturated rings. The molecule has 1 N–H and O–H groups in total. The van der Waals surface area contributed by atoms with Crippen molar-refractivity contribution in [2.75, 3.05) is 19.8 Å². The minimum Gasteiger partial charge on any atom is -0.466 e. The van der Waals surface area contributed by atoms with E-state index in [1.54, 1.807) is 26.2 Å². The molecule has 0 aliphatic carbocycles. The summed E-state index contributed by atoms with van der Waals surface area (Å²) in [7, 11) is 0. The van der Waals surface area contributed by atoms with E-state index in [2.05, 4.69) is 5.32 Å². The van der Waals surface area contributed by atoms with Gasteiger partial charge in [-0.25, -0.2) is 9.78 Å². The van der Waals surface area contributed by atoms with Gasteiger partial charge >= 0.3 is 17.9 Å². The van der Waals surface area contributed by atoms with Crippen molar-refractivity contribution in [3.63, 3.8) is 0 Å². The van der Waals surface area contributed by atoms with E-state index in [0.717, 1.165) is 5.56 Å². The van der Waals surface area contributed by atoms with Crippen LogP contribution in [-0.2, 0) is 40.4 Å². The van der Waals surface area contributed by atoms with Gasteiger partial charge in [-0.1, -0.05) is 30.3 Å². The van der Waals surface area contributed by atoms with Gasteiger partial charge < -0.3 is 19.5 Å². The van der Waals surface area contributed by atoms with Crippen LogP contribution in [0.1, 0.15) is 56.8 Å². The topological polar surface area (TPSA) is 104 Å². The summed E-state index contributed by atoms with van der Waals surface area (Å²) in [5.41, 5.74) is 0.865. The van der Waals surface area contributed by atoms with Crippen LogP contribution in [0, 0.1) is 0 Å². The summed E-state index contributed by atoms with van der Waals surface area (Å²) in [4.78, 5) is 44.0. The number of thiazole rings is 1. The van der Waals surface area contributed by atoms with Gasteiger partial charge in [-0.2, -0.15) is 0 Å². The van der Waals surface area contributed by atoms with Crippen LogP contribution in [0.2, 0.25) is 0 Å². The first kappa shape index (κ1) is 26.4. The molecule has 0 radical (unpaired) electrons. The van der Waals surface area contributed by atoms with Gasteiger partial charge in [-0.15, -0.1) is 11.3 Å². The Bertz CT molecular complexity index is 1100. The number of ether oxygens (including phenoxy) is 3. The van der Waals surface area contributed by atoms with E-state index in [-0.39, 0.29) is 26.2 Å². The second kappa shape index (κ2) is 11.5. The maximum atomic E-state index is 13.9. The zero-order chi connectivity index (χ0) is 25.6. The quantitative estimate of drug-likeness (QED) is 0.411. The van der Waals surface area contributed by atoms with Crippen molar-refractivity contribution >= 4 is 29.2 Å². The molecule has 0 amide bonds. The number of rotatable bonds is 9. The van der Waals surface area contributed by atoms with E-state index in [1.807, 2.05) is 44.2 Å². The molecule has 35 heavy (non-hydrogen) atoms. The molecule has 1 aromatic carbocycles. The Hall–Kier alpha value is -3.20. The van der Waals surface area contributed by atoms with Crippen LogP contribution in [0.15, 0.2) is 47.0 Å². The fraction of sp³-hybridized carbons (Fsp3) is 0.462. The lowest BCUT2D eigenvalue weighted by Gasteiger charge is -2.46. The summed E-state index contributed by atoms with van der Waals surface area (Å²) >= 11 is 1.27. The van der Waals surface area contributed by atoms with Crippen molar-refractivity contribution in [2.45, 2.75) is 58.4 Å². The molecule has 1 aliphatic heterocycles. The fourth-order valence-electron chi connectivity index (χ4n) is 4.64. The van der Waals surface area contributed by atoms with E-state index < -0.39 is 35.3 Å². The highest BCUT2D eigenvalue weighted by Gasteiger charge is 2.60. The number of aromatic nitrogens is 1. The average Bonchev–Trinajstić information content (AvgIpc) is 3.28. The van der Waals surface area contributed by atoms with E-state index in [4.69, 9.17) is 19.2 Å². The molecule has 3 atom stereocenters. The van der Waals surface area contributed by atoms with E-state index in [9.17, 15) is 14.4 Å². The maximum absolute atomic E-state index is 13.9. The number of hydrogen-bond acceptors (Lipinski definition) is 9. The summed E-state index contributed by atoms with van der Waals surface area (Å²) in [6.45, 7) is 9.54. The fourth-order valence-corrected chi connectivity index (χ4v) is 5.77. The summed E-state index contributed by atoms with van der Waals surface area (Å²) in [5, 5.41) is 5.52.